The van der Waals surface area contributed by atoms with Gasteiger partial charge in [-0.3, -0.25) is 0 Å². The maximum absolute atomic E-state index is 10.0. The molecule has 21 heavy (non-hydrogen) atoms. The quantitative estimate of drug-likeness (QED) is 0.809. The Labute approximate surface area is 124 Å². The van der Waals surface area contributed by atoms with Gasteiger partial charge in [0.05, 0.1) is 13.7 Å². The lowest BCUT2D eigenvalue weighted by Gasteiger charge is -2.22. The normalized spacial score (nSPS) is 13.8. The van der Waals surface area contributed by atoms with Crippen LogP contribution in [0, 0.1) is 0 Å². The molecule has 2 aromatic rings. The number of hydrogen-bond donors (Lipinski definition) is 3. The summed E-state index contributed by atoms with van der Waals surface area (Å²) in [6.45, 7) is 1.54. The first kappa shape index (κ1) is 13.9. The van der Waals surface area contributed by atoms with E-state index in [1.165, 1.54) is 0 Å². The number of rotatable bonds is 3. The number of aliphatic hydroxyl groups excluding tert-OH is 1. The first-order valence-corrected chi connectivity index (χ1v) is 7.07. The van der Waals surface area contributed by atoms with Gasteiger partial charge in [0.2, 0.25) is 0 Å². The molecule has 1 heterocycles. The van der Waals surface area contributed by atoms with E-state index in [2.05, 4.69) is 5.32 Å². The molecule has 0 bridgehead atoms. The third-order valence-corrected chi connectivity index (χ3v) is 4.03. The summed E-state index contributed by atoms with van der Waals surface area (Å²) in [5.41, 5.74) is 5.03. The van der Waals surface area contributed by atoms with Crippen LogP contribution in [0.4, 0.5) is 0 Å². The molecule has 1 aliphatic heterocycles. The largest absolute Gasteiger partial charge is 0.508 e. The van der Waals surface area contributed by atoms with Crippen LogP contribution in [-0.2, 0) is 19.6 Å². The van der Waals surface area contributed by atoms with Gasteiger partial charge >= 0.3 is 0 Å². The van der Waals surface area contributed by atoms with Gasteiger partial charge < -0.3 is 20.3 Å². The molecule has 110 valence electrons. The molecule has 0 atom stereocenters. The Morgan fingerprint density at radius 3 is 2.71 bits per heavy atom. The molecule has 3 N–H and O–H groups in total. The number of phenols is 1. The topological polar surface area (TPSA) is 61.7 Å². The van der Waals surface area contributed by atoms with Crippen molar-refractivity contribution in [1.29, 1.82) is 0 Å². The van der Waals surface area contributed by atoms with Crippen molar-refractivity contribution in [1.82, 2.24) is 5.32 Å². The smallest absolute Gasteiger partial charge is 0.120 e. The Kier molecular flexibility index (Phi) is 3.82. The van der Waals surface area contributed by atoms with Crippen molar-refractivity contribution in [3.05, 3.63) is 47.0 Å². The van der Waals surface area contributed by atoms with Crippen LogP contribution in [-0.4, -0.2) is 23.9 Å². The molecule has 0 saturated carbocycles. The zero-order valence-electron chi connectivity index (χ0n) is 12.0. The number of nitrogens with one attached hydrogen (secondary N) is 1. The molecule has 4 nitrogen and oxygen atoms in total. The van der Waals surface area contributed by atoms with Crippen LogP contribution in [0.3, 0.4) is 0 Å². The Morgan fingerprint density at radius 2 is 1.95 bits per heavy atom. The molecule has 3 rings (SSSR count). The molecule has 0 unspecified atom stereocenters. The van der Waals surface area contributed by atoms with E-state index in [0.29, 0.717) is 12.3 Å². The summed E-state index contributed by atoms with van der Waals surface area (Å²) in [6, 6.07) is 9.39. The van der Waals surface area contributed by atoms with Crippen molar-refractivity contribution in [2.45, 2.75) is 19.6 Å². The fourth-order valence-corrected chi connectivity index (χ4v) is 2.93. The van der Waals surface area contributed by atoms with Crippen LogP contribution in [0.5, 0.6) is 11.5 Å². The molecule has 1 aliphatic rings. The molecule has 0 aromatic heterocycles. The highest BCUT2D eigenvalue weighted by molar-refractivity contribution is 5.74. The van der Waals surface area contributed by atoms with Gasteiger partial charge in [0, 0.05) is 12.1 Å². The molecular weight excluding hydrogens is 266 g/mol. The fourth-order valence-electron chi connectivity index (χ4n) is 2.93. The van der Waals surface area contributed by atoms with Gasteiger partial charge in [0.1, 0.15) is 11.5 Å². The second-order valence-electron chi connectivity index (χ2n) is 5.20. The van der Waals surface area contributed by atoms with Gasteiger partial charge in [-0.2, -0.15) is 0 Å². The van der Waals surface area contributed by atoms with Crippen LogP contribution in [0.25, 0.3) is 11.1 Å². The minimum atomic E-state index is -0.0412. The molecule has 0 radical (unpaired) electrons. The molecule has 0 fully saturated rings. The zero-order chi connectivity index (χ0) is 14.8. The number of methoxy groups -OCH3 is 1. The number of fused-ring (bicyclic) bond motifs is 1. The molecular formula is C17H19NO3. The van der Waals surface area contributed by atoms with Crippen LogP contribution < -0.4 is 10.1 Å². The van der Waals surface area contributed by atoms with Crippen molar-refractivity contribution in [3.8, 4) is 22.6 Å². The number of aromatic hydroxyl groups is 1. The van der Waals surface area contributed by atoms with Crippen molar-refractivity contribution >= 4 is 0 Å². The lowest BCUT2D eigenvalue weighted by molar-refractivity contribution is 0.281. The summed E-state index contributed by atoms with van der Waals surface area (Å²) in [4.78, 5) is 0. The minimum Gasteiger partial charge on any atom is -0.508 e. The van der Waals surface area contributed by atoms with Gasteiger partial charge in [0.25, 0.3) is 0 Å². The highest BCUT2D eigenvalue weighted by Crippen LogP contribution is 2.36. The summed E-state index contributed by atoms with van der Waals surface area (Å²) in [5.74, 6) is 1.07. The third-order valence-electron chi connectivity index (χ3n) is 4.03. The minimum absolute atomic E-state index is 0.0412. The van der Waals surface area contributed by atoms with Gasteiger partial charge in [-0.05, 0) is 53.4 Å². The van der Waals surface area contributed by atoms with Crippen molar-refractivity contribution in [2.75, 3.05) is 13.7 Å². The van der Waals surface area contributed by atoms with Gasteiger partial charge in [-0.15, -0.1) is 0 Å². The van der Waals surface area contributed by atoms with Crippen LogP contribution >= 0.6 is 0 Å². The molecule has 0 amide bonds. The lowest BCUT2D eigenvalue weighted by atomic mass is 9.89. The molecule has 4 heteroatoms. The summed E-state index contributed by atoms with van der Waals surface area (Å²) in [7, 11) is 1.62. The number of hydrogen-bond acceptors (Lipinski definition) is 4. The first-order valence-electron chi connectivity index (χ1n) is 7.07. The Bertz CT molecular complexity index is 667. The average molecular weight is 285 g/mol. The average Bonchev–Trinajstić information content (AvgIpc) is 2.55. The SMILES string of the molecule is COc1ccc(-c2ccc(O)c3c2CCNC3)c(CO)c1. The molecule has 2 aromatic carbocycles. The zero-order valence-corrected chi connectivity index (χ0v) is 12.0. The predicted molar refractivity (Wildman–Crippen MR) is 81.4 cm³/mol. The van der Waals surface area contributed by atoms with Gasteiger partial charge in [-0.1, -0.05) is 12.1 Å². The van der Waals surface area contributed by atoms with E-state index in [0.717, 1.165) is 46.5 Å². The van der Waals surface area contributed by atoms with E-state index in [1.807, 2.05) is 24.3 Å². The van der Waals surface area contributed by atoms with E-state index >= 15 is 0 Å². The van der Waals surface area contributed by atoms with E-state index < -0.39 is 0 Å². The van der Waals surface area contributed by atoms with Crippen LogP contribution in [0.15, 0.2) is 30.3 Å². The monoisotopic (exact) mass is 285 g/mol. The number of phenolic OH excluding ortho intramolecular Hbond substituents is 1. The molecule has 0 aliphatic carbocycles. The van der Waals surface area contributed by atoms with E-state index in [9.17, 15) is 10.2 Å². The van der Waals surface area contributed by atoms with Gasteiger partial charge in [-0.25, -0.2) is 0 Å². The number of aliphatic hydroxyl groups is 1. The van der Waals surface area contributed by atoms with Gasteiger partial charge in [0.15, 0.2) is 0 Å². The summed E-state index contributed by atoms with van der Waals surface area (Å²) >= 11 is 0. The summed E-state index contributed by atoms with van der Waals surface area (Å²) < 4.78 is 5.22. The number of ether oxygens (including phenoxy) is 1. The lowest BCUT2D eigenvalue weighted by Crippen LogP contribution is -2.24. The van der Waals surface area contributed by atoms with Crippen molar-refractivity contribution in [2.24, 2.45) is 0 Å². The summed E-state index contributed by atoms with van der Waals surface area (Å²) in [5, 5.41) is 22.9. The Balaban J connectivity index is 2.17. The maximum Gasteiger partial charge on any atom is 0.120 e. The first-order chi connectivity index (χ1) is 10.2. The Hall–Kier alpha value is -2.04. The van der Waals surface area contributed by atoms with Crippen molar-refractivity contribution in [3.63, 3.8) is 0 Å². The van der Waals surface area contributed by atoms with Crippen LogP contribution in [0.2, 0.25) is 0 Å². The highest BCUT2D eigenvalue weighted by atomic mass is 16.5. The summed E-state index contributed by atoms with van der Waals surface area (Å²) in [6.07, 6.45) is 0.871. The standard InChI is InChI=1S/C17H19NO3/c1-21-12-2-3-13(11(8-12)10-19)14-4-5-17(20)16-9-18-7-6-15(14)16/h2-5,8,18-20H,6-7,9-10H2,1H3. The van der Waals surface area contributed by atoms with E-state index in [-0.39, 0.29) is 6.61 Å². The maximum atomic E-state index is 10.0. The second-order valence-corrected chi connectivity index (χ2v) is 5.20. The van der Waals surface area contributed by atoms with E-state index in [1.54, 1.807) is 13.2 Å². The van der Waals surface area contributed by atoms with Crippen molar-refractivity contribution < 1.29 is 14.9 Å². The fraction of sp³-hybridized carbons (Fsp3) is 0.294. The second kappa shape index (κ2) is 5.76. The number of benzene rings is 2. The molecule has 0 saturated heterocycles. The van der Waals surface area contributed by atoms with Crippen LogP contribution in [0.1, 0.15) is 16.7 Å². The third kappa shape index (κ3) is 2.48. The van der Waals surface area contributed by atoms with E-state index in [4.69, 9.17) is 4.74 Å². The Morgan fingerprint density at radius 1 is 1.14 bits per heavy atom. The molecule has 0 spiro atoms. The highest BCUT2D eigenvalue weighted by Gasteiger charge is 2.19. The predicted octanol–water partition coefficient (Wildman–Crippen LogP) is 2.21.